The molecule has 0 spiro atoms. The zero-order valence-electron chi connectivity index (χ0n) is 25.4. The number of rotatable bonds is 13. The molecule has 44 heavy (non-hydrogen) atoms. The first-order chi connectivity index (χ1) is 20.9. The molecule has 4 rings (SSSR count). The normalized spacial score (nSPS) is 23.6. The number of likely N-dealkylation sites (tertiary alicyclic amines) is 1. The van der Waals surface area contributed by atoms with Gasteiger partial charge in [0, 0.05) is 12.0 Å². The van der Waals surface area contributed by atoms with Gasteiger partial charge >= 0.3 is 12.3 Å². The van der Waals surface area contributed by atoms with Crippen LogP contribution in [0.1, 0.15) is 70.9 Å². The molecule has 1 aliphatic heterocycles. The van der Waals surface area contributed by atoms with Crippen molar-refractivity contribution in [3.63, 3.8) is 0 Å². The first-order valence-corrected chi connectivity index (χ1v) is 15.3. The van der Waals surface area contributed by atoms with Crippen molar-refractivity contribution in [2.75, 3.05) is 20.2 Å². The molecule has 10 nitrogen and oxygen atoms in total. The van der Waals surface area contributed by atoms with Gasteiger partial charge in [-0.2, -0.15) is 13.2 Å². The Balaban J connectivity index is 1.51. The van der Waals surface area contributed by atoms with Crippen LogP contribution in [0, 0.1) is 17.8 Å². The molecule has 1 aliphatic carbocycles. The van der Waals surface area contributed by atoms with Gasteiger partial charge in [-0.3, -0.25) is 9.59 Å². The number of aryl methyl sites for hydroxylation is 1. The maximum atomic E-state index is 13.4. The lowest BCUT2D eigenvalue weighted by atomic mass is 9.90. The number of methoxy groups -OCH3 is 1. The molecular weight excluding hydrogens is 581 g/mol. The summed E-state index contributed by atoms with van der Waals surface area (Å²) in [5, 5.41) is 11.0. The average molecular weight is 623 g/mol. The van der Waals surface area contributed by atoms with Crippen LogP contribution < -0.4 is 14.8 Å². The number of alkyl halides is 3. The summed E-state index contributed by atoms with van der Waals surface area (Å²) in [6.45, 7) is 2.90. The van der Waals surface area contributed by atoms with E-state index in [1.165, 1.54) is 11.8 Å². The molecule has 2 amide bonds. The number of aromatic nitrogens is 2. The van der Waals surface area contributed by atoms with Crippen molar-refractivity contribution >= 4 is 28.8 Å². The first kappa shape index (κ1) is 33.3. The predicted molar refractivity (Wildman–Crippen MR) is 156 cm³/mol. The van der Waals surface area contributed by atoms with E-state index in [1.54, 1.807) is 25.3 Å². The summed E-state index contributed by atoms with van der Waals surface area (Å²) in [6.07, 6.45) is -0.958. The number of nitrogens with one attached hydrogen (secondary N) is 1. The van der Waals surface area contributed by atoms with Gasteiger partial charge in [0.1, 0.15) is 24.1 Å². The Kier molecular flexibility index (Phi) is 10.9. The summed E-state index contributed by atoms with van der Waals surface area (Å²) in [4.78, 5) is 47.4. The van der Waals surface area contributed by atoms with Crippen LogP contribution in [0.25, 0.3) is 11.0 Å². The molecule has 5 atom stereocenters. The summed E-state index contributed by atoms with van der Waals surface area (Å²) in [6, 6.07) is 4.52. The van der Waals surface area contributed by atoms with E-state index >= 15 is 0 Å². The Morgan fingerprint density at radius 2 is 1.89 bits per heavy atom. The van der Waals surface area contributed by atoms with Crippen molar-refractivity contribution in [3.8, 4) is 11.6 Å². The Bertz CT molecular complexity index is 1340. The minimum absolute atomic E-state index is 0.0713. The molecule has 2 N–H and O–H groups in total. The Morgan fingerprint density at radius 1 is 1.11 bits per heavy atom. The van der Waals surface area contributed by atoms with Crippen LogP contribution in [-0.4, -0.2) is 76.3 Å². The highest BCUT2D eigenvalue weighted by Crippen LogP contribution is 2.45. The molecule has 242 valence electrons. The maximum absolute atomic E-state index is 13.4. The molecule has 1 saturated heterocycles. The fraction of sp³-hybridized carbons (Fsp3) is 0.645. The Labute approximate surface area is 254 Å². The number of carbonyl (C=O) groups is 3. The van der Waals surface area contributed by atoms with Crippen LogP contribution in [0.15, 0.2) is 18.2 Å². The van der Waals surface area contributed by atoms with E-state index in [9.17, 15) is 27.6 Å². The number of fused-ring (bicyclic) bond motifs is 1. The van der Waals surface area contributed by atoms with Crippen LogP contribution in [0.5, 0.6) is 11.6 Å². The number of carboxylic acid groups (broad SMARTS) is 1. The van der Waals surface area contributed by atoms with Gasteiger partial charge in [-0.1, -0.05) is 26.2 Å². The van der Waals surface area contributed by atoms with Crippen molar-refractivity contribution in [3.05, 3.63) is 23.9 Å². The van der Waals surface area contributed by atoms with Gasteiger partial charge in [0.05, 0.1) is 36.6 Å². The van der Waals surface area contributed by atoms with E-state index in [0.717, 1.165) is 6.42 Å². The monoisotopic (exact) mass is 622 g/mol. The number of halogens is 3. The number of ether oxygens (including phenoxy) is 2. The minimum Gasteiger partial charge on any atom is -0.497 e. The summed E-state index contributed by atoms with van der Waals surface area (Å²) in [5.41, 5.74) is 1.75. The highest BCUT2D eigenvalue weighted by Gasteiger charge is 2.47. The summed E-state index contributed by atoms with van der Waals surface area (Å²) < 4.78 is 51.8. The van der Waals surface area contributed by atoms with Crippen LogP contribution in [0.3, 0.4) is 0 Å². The molecule has 2 heterocycles. The lowest BCUT2D eigenvalue weighted by Gasteiger charge is -2.25. The number of amides is 2. The van der Waals surface area contributed by atoms with Gasteiger partial charge in [0.2, 0.25) is 11.8 Å². The van der Waals surface area contributed by atoms with E-state index in [1.807, 2.05) is 6.92 Å². The van der Waals surface area contributed by atoms with Gasteiger partial charge in [-0.25, -0.2) is 14.8 Å². The van der Waals surface area contributed by atoms with Crippen molar-refractivity contribution in [2.45, 2.75) is 90.0 Å². The molecule has 0 radical (unpaired) electrons. The topological polar surface area (TPSA) is 131 Å². The molecule has 13 heteroatoms. The minimum atomic E-state index is -4.14. The fourth-order valence-electron chi connectivity index (χ4n) is 6.79. The highest BCUT2D eigenvalue weighted by atomic mass is 19.4. The van der Waals surface area contributed by atoms with Crippen LogP contribution in [0.4, 0.5) is 18.0 Å². The highest BCUT2D eigenvalue weighted by molar-refractivity contribution is 5.90. The number of hydrogen-bond donors (Lipinski definition) is 2. The molecule has 0 bridgehead atoms. The summed E-state index contributed by atoms with van der Waals surface area (Å²) in [5.74, 6) is -1.77. The zero-order chi connectivity index (χ0) is 32.0. The smallest absolute Gasteiger partial charge is 0.405 e. The molecule has 1 saturated carbocycles. The zero-order valence-corrected chi connectivity index (χ0v) is 25.4. The van der Waals surface area contributed by atoms with Crippen molar-refractivity contribution in [1.29, 1.82) is 0 Å². The third-order valence-corrected chi connectivity index (χ3v) is 8.93. The second kappa shape index (κ2) is 14.4. The molecular formula is C31H41F3N4O6. The second-order valence-electron chi connectivity index (χ2n) is 11.8. The molecule has 1 aromatic heterocycles. The summed E-state index contributed by atoms with van der Waals surface area (Å²) in [7, 11) is 1.54. The molecule has 2 fully saturated rings. The molecule has 1 aromatic carbocycles. The van der Waals surface area contributed by atoms with Crippen molar-refractivity contribution in [1.82, 2.24) is 20.2 Å². The average Bonchev–Trinajstić information content (AvgIpc) is 3.60. The SMILES string of the molecule is CC[C@@H]1C(Oc2nc3cc(OC)ccc3nc2CCCCC[C@@H]2CCC[C@@H]2C(F)(F)F)CN(C(=O)CNC(=O)O)[C@@H]1C(C)=O. The van der Waals surface area contributed by atoms with Gasteiger partial charge < -0.3 is 24.8 Å². The number of unbranched alkanes of at least 4 members (excludes halogenated alkanes) is 2. The van der Waals surface area contributed by atoms with Crippen LogP contribution >= 0.6 is 0 Å². The standard InChI is InChI=1S/C31H41F3N4O6/c1-4-21-26(17-38(28(21)18(2)39)27(40)16-35-30(41)42)44-29-24(36-23-14-13-20(43-3)15-25(23)37-29)12-7-5-6-9-19-10-8-11-22(19)31(32,33)34/h13-15,19,21-22,26,28,35H,4-12,16-17H2,1-3H3,(H,41,42)/t19-,21-,22+,26?,28-/m1/s1. The third kappa shape index (κ3) is 7.89. The number of ketones is 1. The largest absolute Gasteiger partial charge is 0.497 e. The van der Waals surface area contributed by atoms with Gasteiger partial charge in [0.25, 0.3) is 0 Å². The van der Waals surface area contributed by atoms with Gasteiger partial charge in [0.15, 0.2) is 5.78 Å². The molecule has 2 aliphatic rings. The van der Waals surface area contributed by atoms with Crippen LogP contribution in [-0.2, 0) is 16.0 Å². The van der Waals surface area contributed by atoms with Gasteiger partial charge in [-0.15, -0.1) is 0 Å². The summed E-state index contributed by atoms with van der Waals surface area (Å²) >= 11 is 0. The number of Topliss-reactive ketones (excluding diaryl/α,β-unsaturated/α-hetero) is 1. The molecule has 1 unspecified atom stereocenters. The Hall–Kier alpha value is -3.64. The number of hydrogen-bond acceptors (Lipinski definition) is 7. The van der Waals surface area contributed by atoms with E-state index < -0.39 is 42.8 Å². The van der Waals surface area contributed by atoms with Crippen molar-refractivity contribution < 1.29 is 42.1 Å². The van der Waals surface area contributed by atoms with Crippen molar-refractivity contribution in [2.24, 2.45) is 17.8 Å². The number of carbonyl (C=O) groups excluding carboxylic acids is 2. The fourth-order valence-corrected chi connectivity index (χ4v) is 6.79. The number of benzene rings is 1. The lowest BCUT2D eigenvalue weighted by Crippen LogP contribution is -2.46. The third-order valence-electron chi connectivity index (χ3n) is 8.93. The lowest BCUT2D eigenvalue weighted by molar-refractivity contribution is -0.184. The van der Waals surface area contributed by atoms with Crippen LogP contribution in [0.2, 0.25) is 0 Å². The van der Waals surface area contributed by atoms with Gasteiger partial charge in [-0.05, 0) is 63.5 Å². The van der Waals surface area contributed by atoms with E-state index in [4.69, 9.17) is 24.5 Å². The predicted octanol–water partition coefficient (Wildman–Crippen LogP) is 5.56. The number of nitrogens with zero attached hydrogens (tertiary/aromatic N) is 3. The van der Waals surface area contributed by atoms with E-state index in [0.29, 0.717) is 67.4 Å². The first-order valence-electron chi connectivity index (χ1n) is 15.3. The maximum Gasteiger partial charge on any atom is 0.405 e. The quantitative estimate of drug-likeness (QED) is 0.278. The Morgan fingerprint density at radius 3 is 2.55 bits per heavy atom. The van der Waals surface area contributed by atoms with E-state index in [-0.39, 0.29) is 36.5 Å². The second-order valence-corrected chi connectivity index (χ2v) is 11.8. The van der Waals surface area contributed by atoms with E-state index in [2.05, 4.69) is 5.32 Å². The molecule has 2 aromatic rings.